The number of benzene rings is 1. The van der Waals surface area contributed by atoms with Crippen LogP contribution in [-0.4, -0.2) is 20.5 Å². The molecule has 0 atom stereocenters. The van der Waals surface area contributed by atoms with E-state index in [1.54, 1.807) is 55.1 Å². The number of nitrogens with zero attached hydrogens (tertiary/aromatic N) is 3. The number of carbonyl (C=O) groups is 1. The molecule has 0 fully saturated rings. The topological polar surface area (TPSA) is 91.2 Å². The van der Waals surface area contributed by atoms with Crippen LogP contribution in [0.25, 0.3) is 17.4 Å². The van der Waals surface area contributed by atoms with E-state index in [9.17, 15) is 14.9 Å². The molecule has 26 heavy (non-hydrogen) atoms. The third-order valence-electron chi connectivity index (χ3n) is 4.15. The van der Waals surface area contributed by atoms with Crippen LogP contribution in [0.15, 0.2) is 46.9 Å². The normalized spacial score (nSPS) is 11.2. The number of furan rings is 1. The van der Waals surface area contributed by atoms with E-state index in [2.05, 4.69) is 5.10 Å². The Morgan fingerprint density at radius 3 is 2.62 bits per heavy atom. The number of para-hydroxylation sites is 1. The van der Waals surface area contributed by atoms with Gasteiger partial charge in [0.15, 0.2) is 5.78 Å². The molecule has 0 bridgehead atoms. The maximum Gasteiger partial charge on any atom is 0.280 e. The van der Waals surface area contributed by atoms with Gasteiger partial charge in [0.25, 0.3) is 5.69 Å². The molecule has 0 N–H and O–H groups in total. The summed E-state index contributed by atoms with van der Waals surface area (Å²) in [6.45, 7) is 3.62. The summed E-state index contributed by atoms with van der Waals surface area (Å²) in [5.41, 5.74) is 2.38. The van der Waals surface area contributed by atoms with Crippen molar-refractivity contribution in [3.8, 4) is 11.3 Å². The van der Waals surface area contributed by atoms with E-state index in [0.29, 0.717) is 28.3 Å². The first-order chi connectivity index (χ1) is 12.4. The van der Waals surface area contributed by atoms with Crippen LogP contribution < -0.4 is 0 Å². The van der Waals surface area contributed by atoms with Gasteiger partial charge in [-0.1, -0.05) is 12.1 Å². The van der Waals surface area contributed by atoms with E-state index >= 15 is 0 Å². The van der Waals surface area contributed by atoms with Crippen molar-refractivity contribution in [1.29, 1.82) is 0 Å². The monoisotopic (exact) mass is 351 g/mol. The Morgan fingerprint density at radius 1 is 1.23 bits per heavy atom. The van der Waals surface area contributed by atoms with Crippen LogP contribution in [0, 0.1) is 24.0 Å². The highest BCUT2D eigenvalue weighted by atomic mass is 16.6. The van der Waals surface area contributed by atoms with Crippen molar-refractivity contribution in [1.82, 2.24) is 9.78 Å². The average molecular weight is 351 g/mol. The Hall–Kier alpha value is -3.48. The minimum Gasteiger partial charge on any atom is -0.456 e. The van der Waals surface area contributed by atoms with Crippen molar-refractivity contribution in [2.24, 2.45) is 7.05 Å². The molecule has 7 nitrogen and oxygen atoms in total. The number of allylic oxidation sites excluding steroid dienone is 1. The predicted molar refractivity (Wildman–Crippen MR) is 96.8 cm³/mol. The summed E-state index contributed by atoms with van der Waals surface area (Å²) in [5, 5.41) is 15.4. The highest BCUT2D eigenvalue weighted by molar-refractivity contribution is 6.08. The predicted octanol–water partition coefficient (Wildman–Crippen LogP) is 4.10. The maximum absolute atomic E-state index is 12.4. The van der Waals surface area contributed by atoms with Crippen molar-refractivity contribution in [2.75, 3.05) is 0 Å². The number of carbonyl (C=O) groups excluding carboxylic acids is 1. The number of nitro groups is 1. The van der Waals surface area contributed by atoms with Crippen LogP contribution >= 0.6 is 0 Å². The first-order valence-electron chi connectivity index (χ1n) is 7.94. The molecule has 0 saturated heterocycles. The third-order valence-corrected chi connectivity index (χ3v) is 4.15. The van der Waals surface area contributed by atoms with Crippen molar-refractivity contribution < 1.29 is 14.1 Å². The molecule has 0 unspecified atom stereocenters. The van der Waals surface area contributed by atoms with Crippen LogP contribution in [-0.2, 0) is 7.05 Å². The molecule has 7 heteroatoms. The number of hydrogen-bond donors (Lipinski definition) is 0. The molecular weight excluding hydrogens is 334 g/mol. The molecule has 0 aliphatic rings. The smallest absolute Gasteiger partial charge is 0.280 e. The van der Waals surface area contributed by atoms with Crippen LogP contribution in [0.2, 0.25) is 0 Å². The van der Waals surface area contributed by atoms with Gasteiger partial charge in [0.2, 0.25) is 0 Å². The Morgan fingerprint density at radius 2 is 1.96 bits per heavy atom. The van der Waals surface area contributed by atoms with Crippen LogP contribution in [0.3, 0.4) is 0 Å². The number of rotatable bonds is 5. The quantitative estimate of drug-likeness (QED) is 0.299. The summed E-state index contributed by atoms with van der Waals surface area (Å²) in [4.78, 5) is 23.1. The summed E-state index contributed by atoms with van der Waals surface area (Å²) >= 11 is 0. The zero-order valence-corrected chi connectivity index (χ0v) is 14.6. The number of aryl methyl sites for hydroxylation is 2. The second kappa shape index (κ2) is 6.79. The van der Waals surface area contributed by atoms with Gasteiger partial charge >= 0.3 is 0 Å². The van der Waals surface area contributed by atoms with Gasteiger partial charge in [-0.3, -0.25) is 19.6 Å². The summed E-state index contributed by atoms with van der Waals surface area (Å²) in [5.74, 6) is 0.639. The van der Waals surface area contributed by atoms with Gasteiger partial charge in [-0.15, -0.1) is 0 Å². The zero-order chi connectivity index (χ0) is 18.8. The molecule has 0 amide bonds. The lowest BCUT2D eigenvalue weighted by molar-refractivity contribution is -0.384. The molecule has 0 aliphatic carbocycles. The lowest BCUT2D eigenvalue weighted by Crippen LogP contribution is -1.99. The molecule has 0 aliphatic heterocycles. The van der Waals surface area contributed by atoms with Gasteiger partial charge in [-0.25, -0.2) is 0 Å². The highest BCUT2D eigenvalue weighted by Crippen LogP contribution is 2.31. The van der Waals surface area contributed by atoms with E-state index in [4.69, 9.17) is 4.42 Å². The Bertz CT molecular complexity index is 1030. The zero-order valence-electron chi connectivity index (χ0n) is 14.6. The first kappa shape index (κ1) is 17.3. The fraction of sp³-hybridized carbons (Fsp3) is 0.158. The molecule has 1 aromatic carbocycles. The Labute approximate surface area is 149 Å². The van der Waals surface area contributed by atoms with Crippen LogP contribution in [0.1, 0.15) is 27.5 Å². The van der Waals surface area contributed by atoms with Crippen molar-refractivity contribution in [3.63, 3.8) is 0 Å². The fourth-order valence-corrected chi connectivity index (χ4v) is 2.80. The fourth-order valence-electron chi connectivity index (χ4n) is 2.80. The molecule has 3 aromatic rings. The van der Waals surface area contributed by atoms with Gasteiger partial charge in [0.1, 0.15) is 11.5 Å². The Balaban J connectivity index is 1.86. The van der Waals surface area contributed by atoms with Crippen molar-refractivity contribution >= 4 is 17.5 Å². The number of aromatic nitrogens is 2. The molecular formula is C19H17N3O4. The average Bonchev–Trinajstić information content (AvgIpc) is 3.17. The van der Waals surface area contributed by atoms with E-state index in [-0.39, 0.29) is 11.5 Å². The summed E-state index contributed by atoms with van der Waals surface area (Å²) in [7, 11) is 1.79. The summed E-state index contributed by atoms with van der Waals surface area (Å²) in [6, 6.07) is 9.66. The Kier molecular flexibility index (Phi) is 4.53. The van der Waals surface area contributed by atoms with Crippen molar-refractivity contribution in [2.45, 2.75) is 13.8 Å². The number of ketones is 1. The van der Waals surface area contributed by atoms with E-state index < -0.39 is 4.92 Å². The van der Waals surface area contributed by atoms with Crippen molar-refractivity contribution in [3.05, 3.63) is 75.3 Å². The second-order valence-electron chi connectivity index (χ2n) is 5.84. The first-order valence-corrected chi connectivity index (χ1v) is 7.94. The molecule has 2 aromatic heterocycles. The van der Waals surface area contributed by atoms with Gasteiger partial charge < -0.3 is 4.42 Å². The standard InChI is InChI=1S/C19H17N3O4/c1-12-19(13(2)21(3)20-12)17(23)10-8-14-9-11-18(26-14)15-6-4-5-7-16(15)22(24)25/h4-11H,1-3H3. The van der Waals surface area contributed by atoms with Gasteiger partial charge in [0.05, 0.1) is 21.7 Å². The van der Waals surface area contributed by atoms with E-state index in [0.717, 1.165) is 5.69 Å². The van der Waals surface area contributed by atoms with Gasteiger partial charge in [-0.2, -0.15) is 5.10 Å². The lowest BCUT2D eigenvalue weighted by atomic mass is 10.1. The molecule has 0 spiro atoms. The largest absolute Gasteiger partial charge is 0.456 e. The maximum atomic E-state index is 12.4. The van der Waals surface area contributed by atoms with Gasteiger partial charge in [-0.05, 0) is 44.2 Å². The summed E-state index contributed by atoms with van der Waals surface area (Å²) in [6.07, 6.45) is 2.96. The van der Waals surface area contributed by atoms with E-state index in [1.807, 2.05) is 6.92 Å². The molecule has 132 valence electrons. The van der Waals surface area contributed by atoms with Gasteiger partial charge in [0, 0.05) is 18.8 Å². The minimum atomic E-state index is -0.454. The number of hydrogen-bond acceptors (Lipinski definition) is 5. The molecule has 3 rings (SSSR count). The van der Waals surface area contributed by atoms with Crippen LogP contribution in [0.5, 0.6) is 0 Å². The molecule has 0 saturated carbocycles. The summed E-state index contributed by atoms with van der Waals surface area (Å²) < 4.78 is 7.31. The second-order valence-corrected chi connectivity index (χ2v) is 5.84. The minimum absolute atomic E-state index is 0.0323. The van der Waals surface area contributed by atoms with E-state index in [1.165, 1.54) is 12.1 Å². The highest BCUT2D eigenvalue weighted by Gasteiger charge is 2.17. The third kappa shape index (κ3) is 3.19. The number of nitro benzene ring substituents is 1. The molecule has 0 radical (unpaired) electrons. The van der Waals surface area contributed by atoms with Crippen LogP contribution in [0.4, 0.5) is 5.69 Å². The SMILES string of the molecule is Cc1nn(C)c(C)c1C(=O)C=Cc1ccc(-c2ccccc2[N+](=O)[O-])o1. The molecule has 2 heterocycles. The lowest BCUT2D eigenvalue weighted by Gasteiger charge is -1.98.